The highest BCUT2D eigenvalue weighted by Gasteiger charge is 2.19. The van der Waals surface area contributed by atoms with Crippen molar-refractivity contribution in [3.05, 3.63) is 35.9 Å². The molecule has 4 heteroatoms. The van der Waals surface area contributed by atoms with Gasteiger partial charge < -0.3 is 15.5 Å². The van der Waals surface area contributed by atoms with Gasteiger partial charge in [-0.15, -0.1) is 0 Å². The van der Waals surface area contributed by atoms with Gasteiger partial charge in [0.25, 0.3) is 0 Å². The van der Waals surface area contributed by atoms with Crippen molar-refractivity contribution in [2.24, 2.45) is 0 Å². The number of rotatable bonds is 8. The van der Waals surface area contributed by atoms with Gasteiger partial charge >= 0.3 is 0 Å². The highest BCUT2D eigenvalue weighted by molar-refractivity contribution is 5.77. The van der Waals surface area contributed by atoms with Crippen LogP contribution >= 0.6 is 0 Å². The number of piperidine rings is 1. The van der Waals surface area contributed by atoms with Crippen molar-refractivity contribution in [3.63, 3.8) is 0 Å². The Kier molecular flexibility index (Phi) is 7.40. The minimum Gasteiger partial charge on any atom is -0.355 e. The zero-order chi connectivity index (χ0) is 15.6. The fraction of sp³-hybridized carbons (Fsp3) is 0.611. The number of benzene rings is 1. The molecule has 0 spiro atoms. The fourth-order valence-electron chi connectivity index (χ4n) is 2.86. The van der Waals surface area contributed by atoms with E-state index in [1.165, 1.54) is 5.56 Å². The van der Waals surface area contributed by atoms with Crippen molar-refractivity contribution in [2.75, 3.05) is 32.7 Å². The second-order valence-electron chi connectivity index (χ2n) is 6.08. The van der Waals surface area contributed by atoms with Gasteiger partial charge in [-0.25, -0.2) is 0 Å². The summed E-state index contributed by atoms with van der Waals surface area (Å²) < 4.78 is 0. The van der Waals surface area contributed by atoms with Crippen LogP contribution in [0.1, 0.15) is 31.7 Å². The summed E-state index contributed by atoms with van der Waals surface area (Å²) in [6, 6.07) is 11.2. The van der Waals surface area contributed by atoms with Crippen LogP contribution in [0.2, 0.25) is 0 Å². The summed E-state index contributed by atoms with van der Waals surface area (Å²) in [5.41, 5.74) is 1.41. The van der Waals surface area contributed by atoms with Crippen molar-refractivity contribution < 1.29 is 4.79 Å². The lowest BCUT2D eigenvalue weighted by molar-refractivity contribution is -0.120. The van der Waals surface area contributed by atoms with Crippen LogP contribution in [0.3, 0.4) is 0 Å². The summed E-state index contributed by atoms with van der Waals surface area (Å²) in [5, 5.41) is 6.29. The van der Waals surface area contributed by atoms with Gasteiger partial charge in [0, 0.05) is 19.1 Å². The number of nitrogens with zero attached hydrogens (tertiary/aromatic N) is 1. The smallest absolute Gasteiger partial charge is 0.233 e. The van der Waals surface area contributed by atoms with Crippen LogP contribution in [0, 0.1) is 0 Å². The van der Waals surface area contributed by atoms with Gasteiger partial charge in [0.05, 0.1) is 6.54 Å². The molecule has 0 bridgehead atoms. The summed E-state index contributed by atoms with van der Waals surface area (Å²) >= 11 is 0. The molecule has 1 aliphatic rings. The van der Waals surface area contributed by atoms with Gasteiger partial charge in [-0.2, -0.15) is 0 Å². The number of carbonyl (C=O) groups is 1. The Labute approximate surface area is 134 Å². The molecule has 1 aliphatic heterocycles. The minimum absolute atomic E-state index is 0.119. The third-order valence-electron chi connectivity index (χ3n) is 4.27. The second kappa shape index (κ2) is 9.59. The van der Waals surface area contributed by atoms with E-state index in [2.05, 4.69) is 52.8 Å². The largest absolute Gasteiger partial charge is 0.355 e. The van der Waals surface area contributed by atoms with Gasteiger partial charge in [0.2, 0.25) is 5.91 Å². The lowest BCUT2D eigenvalue weighted by Gasteiger charge is -2.32. The van der Waals surface area contributed by atoms with E-state index < -0.39 is 0 Å². The van der Waals surface area contributed by atoms with Crippen LogP contribution in [0.25, 0.3) is 0 Å². The second-order valence-corrected chi connectivity index (χ2v) is 6.08. The number of likely N-dealkylation sites (tertiary alicyclic amines) is 1. The van der Waals surface area contributed by atoms with E-state index in [1.54, 1.807) is 0 Å². The quantitative estimate of drug-likeness (QED) is 0.770. The highest BCUT2D eigenvalue weighted by Crippen LogP contribution is 2.11. The summed E-state index contributed by atoms with van der Waals surface area (Å²) in [6.07, 6.45) is 4.38. The van der Waals surface area contributed by atoms with E-state index in [0.717, 1.165) is 51.9 Å². The zero-order valence-corrected chi connectivity index (χ0v) is 13.7. The van der Waals surface area contributed by atoms with E-state index in [1.807, 2.05) is 0 Å². The van der Waals surface area contributed by atoms with E-state index in [9.17, 15) is 4.79 Å². The molecule has 0 unspecified atom stereocenters. The molecule has 4 nitrogen and oxygen atoms in total. The monoisotopic (exact) mass is 303 g/mol. The van der Waals surface area contributed by atoms with E-state index >= 15 is 0 Å². The number of amides is 1. The standard InChI is InChI=1S/C18H29N3O/c1-2-11-19-18(22)15-20-17-9-13-21(14-10-17)12-8-16-6-4-3-5-7-16/h3-7,17,20H,2,8-15H2,1H3,(H,19,22). The maximum atomic E-state index is 11.6. The third kappa shape index (κ3) is 6.16. The molecule has 0 radical (unpaired) electrons. The first kappa shape index (κ1) is 17.0. The Morgan fingerprint density at radius 2 is 1.95 bits per heavy atom. The Morgan fingerprint density at radius 3 is 2.64 bits per heavy atom. The predicted molar refractivity (Wildman–Crippen MR) is 90.9 cm³/mol. The molecular weight excluding hydrogens is 274 g/mol. The molecule has 1 heterocycles. The molecule has 0 atom stereocenters. The van der Waals surface area contributed by atoms with E-state index in [-0.39, 0.29) is 5.91 Å². The maximum absolute atomic E-state index is 11.6. The third-order valence-corrected chi connectivity index (χ3v) is 4.27. The lowest BCUT2D eigenvalue weighted by atomic mass is 10.0. The van der Waals surface area contributed by atoms with Crippen molar-refractivity contribution >= 4 is 5.91 Å². The topological polar surface area (TPSA) is 44.4 Å². The summed E-state index contributed by atoms with van der Waals surface area (Å²) in [4.78, 5) is 14.1. The molecule has 0 saturated carbocycles. The van der Waals surface area contributed by atoms with Crippen LogP contribution in [0.15, 0.2) is 30.3 Å². The Bertz CT molecular complexity index is 427. The first-order chi connectivity index (χ1) is 10.8. The molecule has 2 N–H and O–H groups in total. The summed E-state index contributed by atoms with van der Waals surface area (Å²) in [6.45, 7) is 6.68. The lowest BCUT2D eigenvalue weighted by Crippen LogP contribution is -2.46. The SMILES string of the molecule is CCCNC(=O)CNC1CCN(CCc2ccccc2)CC1. The minimum atomic E-state index is 0.119. The first-order valence-corrected chi connectivity index (χ1v) is 8.54. The van der Waals surface area contributed by atoms with Crippen LogP contribution in [0.4, 0.5) is 0 Å². The Hall–Kier alpha value is -1.39. The zero-order valence-electron chi connectivity index (χ0n) is 13.7. The van der Waals surface area contributed by atoms with Crippen LogP contribution < -0.4 is 10.6 Å². The van der Waals surface area contributed by atoms with Crippen molar-refractivity contribution in [1.82, 2.24) is 15.5 Å². The molecule has 122 valence electrons. The molecule has 1 aromatic carbocycles. The Morgan fingerprint density at radius 1 is 1.23 bits per heavy atom. The average molecular weight is 303 g/mol. The van der Waals surface area contributed by atoms with Gasteiger partial charge in [0.15, 0.2) is 0 Å². The van der Waals surface area contributed by atoms with Crippen LogP contribution in [-0.4, -0.2) is 49.6 Å². The van der Waals surface area contributed by atoms with Gasteiger partial charge in [-0.05, 0) is 44.3 Å². The first-order valence-electron chi connectivity index (χ1n) is 8.54. The Balaban J connectivity index is 1.58. The average Bonchev–Trinajstić information content (AvgIpc) is 2.58. The van der Waals surface area contributed by atoms with Crippen molar-refractivity contribution in [2.45, 2.75) is 38.6 Å². The molecule has 1 fully saturated rings. The molecule has 1 amide bonds. The van der Waals surface area contributed by atoms with Crippen LogP contribution in [0.5, 0.6) is 0 Å². The number of nitrogens with one attached hydrogen (secondary N) is 2. The highest BCUT2D eigenvalue weighted by atomic mass is 16.1. The molecular formula is C18H29N3O. The van der Waals surface area contributed by atoms with Gasteiger partial charge in [-0.1, -0.05) is 37.3 Å². The number of hydrogen-bond acceptors (Lipinski definition) is 3. The summed E-state index contributed by atoms with van der Waals surface area (Å²) in [7, 11) is 0. The molecule has 22 heavy (non-hydrogen) atoms. The molecule has 0 aliphatic carbocycles. The van der Waals surface area contributed by atoms with Crippen LogP contribution in [-0.2, 0) is 11.2 Å². The molecule has 2 rings (SSSR count). The number of hydrogen-bond donors (Lipinski definition) is 2. The van der Waals surface area contributed by atoms with Crippen molar-refractivity contribution in [3.8, 4) is 0 Å². The molecule has 0 aromatic heterocycles. The predicted octanol–water partition coefficient (Wildman–Crippen LogP) is 1.81. The van der Waals surface area contributed by atoms with Crippen molar-refractivity contribution in [1.29, 1.82) is 0 Å². The summed E-state index contributed by atoms with van der Waals surface area (Å²) in [5.74, 6) is 0.119. The van der Waals surface area contributed by atoms with E-state index in [4.69, 9.17) is 0 Å². The fourth-order valence-corrected chi connectivity index (χ4v) is 2.86. The normalized spacial score (nSPS) is 16.6. The molecule has 1 saturated heterocycles. The van der Waals surface area contributed by atoms with Gasteiger partial charge in [-0.3, -0.25) is 4.79 Å². The maximum Gasteiger partial charge on any atom is 0.233 e. The van der Waals surface area contributed by atoms with Gasteiger partial charge in [0.1, 0.15) is 0 Å². The van der Waals surface area contributed by atoms with E-state index in [0.29, 0.717) is 12.6 Å². The molecule has 1 aromatic rings. The number of carbonyl (C=O) groups excluding carboxylic acids is 1.